The number of nitrogens with zero attached hydrogens (tertiary/aromatic N) is 3. The standard InChI is InChI=1S/C31H34F2N4OS/c32-27-16-15-24(18-28(27)33)21-39-31-36-29(26(30(38)37-31)17-25-19-34-22-35-20-25)14-10-5-3-1-2-4-7-11-23-12-8-6-9-13-23/h6,8-9,12-13,15-16,18-20,22H,1-5,7,10-11,14,17,21H2,(H,36,37,38). The molecule has 0 fully saturated rings. The highest BCUT2D eigenvalue weighted by Crippen LogP contribution is 2.22. The summed E-state index contributed by atoms with van der Waals surface area (Å²) < 4.78 is 26.8. The van der Waals surface area contributed by atoms with E-state index in [0.29, 0.717) is 34.9 Å². The van der Waals surface area contributed by atoms with Crippen molar-refractivity contribution in [1.82, 2.24) is 19.9 Å². The Morgan fingerprint density at radius 2 is 1.44 bits per heavy atom. The molecule has 2 aromatic heterocycles. The van der Waals surface area contributed by atoms with E-state index in [2.05, 4.69) is 45.3 Å². The fourth-order valence-corrected chi connectivity index (χ4v) is 5.36. The molecule has 0 amide bonds. The average molecular weight is 549 g/mol. The maximum absolute atomic E-state index is 13.6. The molecule has 4 aromatic rings. The first-order chi connectivity index (χ1) is 19.1. The van der Waals surface area contributed by atoms with Gasteiger partial charge >= 0.3 is 0 Å². The fraction of sp³-hybridized carbons (Fsp3) is 0.355. The first-order valence-electron chi connectivity index (χ1n) is 13.5. The van der Waals surface area contributed by atoms with Crippen LogP contribution in [0.3, 0.4) is 0 Å². The number of benzene rings is 2. The van der Waals surface area contributed by atoms with Crippen molar-refractivity contribution in [1.29, 1.82) is 0 Å². The molecule has 1 N–H and O–H groups in total. The lowest BCUT2D eigenvalue weighted by atomic mass is 10.0. The van der Waals surface area contributed by atoms with Crippen molar-refractivity contribution >= 4 is 11.8 Å². The van der Waals surface area contributed by atoms with Crippen molar-refractivity contribution in [2.75, 3.05) is 0 Å². The monoisotopic (exact) mass is 548 g/mol. The lowest BCUT2D eigenvalue weighted by Gasteiger charge is -2.11. The summed E-state index contributed by atoms with van der Waals surface area (Å²) in [6, 6.07) is 14.4. The van der Waals surface area contributed by atoms with Gasteiger partial charge in [-0.15, -0.1) is 0 Å². The minimum absolute atomic E-state index is 0.185. The van der Waals surface area contributed by atoms with Crippen LogP contribution in [0.1, 0.15) is 72.9 Å². The SMILES string of the molecule is O=c1[nH]c(SCc2ccc(F)c(F)c2)nc(CCCCCCCCCc2ccccc2)c1Cc1cncnc1. The van der Waals surface area contributed by atoms with Gasteiger partial charge in [-0.25, -0.2) is 23.7 Å². The fourth-order valence-electron chi connectivity index (χ4n) is 4.54. The normalized spacial score (nSPS) is 11.1. The van der Waals surface area contributed by atoms with Gasteiger partial charge in [-0.1, -0.05) is 80.3 Å². The zero-order valence-electron chi connectivity index (χ0n) is 22.0. The molecular formula is C31H34F2N4OS. The molecule has 0 atom stereocenters. The van der Waals surface area contributed by atoms with Crippen LogP contribution in [0.2, 0.25) is 0 Å². The van der Waals surface area contributed by atoms with Crippen LogP contribution >= 0.6 is 11.8 Å². The molecular weight excluding hydrogens is 514 g/mol. The zero-order chi connectivity index (χ0) is 27.3. The van der Waals surface area contributed by atoms with Crippen LogP contribution in [0.5, 0.6) is 0 Å². The third kappa shape index (κ3) is 9.39. The van der Waals surface area contributed by atoms with Crippen LogP contribution < -0.4 is 5.56 Å². The highest BCUT2D eigenvalue weighted by atomic mass is 32.2. The molecule has 0 aliphatic carbocycles. The van der Waals surface area contributed by atoms with Crippen LogP contribution in [0.4, 0.5) is 8.78 Å². The number of H-pyrrole nitrogens is 1. The lowest BCUT2D eigenvalue weighted by Crippen LogP contribution is -2.19. The molecule has 0 spiro atoms. The largest absolute Gasteiger partial charge is 0.301 e. The van der Waals surface area contributed by atoms with E-state index < -0.39 is 11.6 Å². The maximum Gasteiger partial charge on any atom is 0.255 e. The van der Waals surface area contributed by atoms with Crippen LogP contribution in [-0.2, 0) is 25.0 Å². The van der Waals surface area contributed by atoms with Gasteiger partial charge in [-0.2, -0.15) is 0 Å². The van der Waals surface area contributed by atoms with Gasteiger partial charge in [-0.3, -0.25) is 4.79 Å². The van der Waals surface area contributed by atoms with Gasteiger partial charge in [0.1, 0.15) is 6.33 Å². The highest BCUT2D eigenvalue weighted by molar-refractivity contribution is 7.98. The van der Waals surface area contributed by atoms with Gasteiger partial charge in [-0.05, 0) is 54.5 Å². The number of aryl methyl sites for hydroxylation is 2. The Kier molecular flexibility index (Phi) is 11.2. The number of rotatable bonds is 15. The topological polar surface area (TPSA) is 71.5 Å². The molecule has 0 saturated heterocycles. The van der Waals surface area contributed by atoms with Crippen molar-refractivity contribution in [2.45, 2.75) is 75.1 Å². The summed E-state index contributed by atoms with van der Waals surface area (Å²) >= 11 is 1.30. The van der Waals surface area contributed by atoms with Crippen molar-refractivity contribution in [2.24, 2.45) is 0 Å². The summed E-state index contributed by atoms with van der Waals surface area (Å²) in [6.45, 7) is 0. The molecule has 5 nitrogen and oxygen atoms in total. The molecule has 39 heavy (non-hydrogen) atoms. The number of unbranched alkanes of at least 4 members (excludes halogenated alkanes) is 6. The minimum Gasteiger partial charge on any atom is -0.301 e. The Morgan fingerprint density at radius 3 is 2.15 bits per heavy atom. The second-order valence-electron chi connectivity index (χ2n) is 9.72. The van der Waals surface area contributed by atoms with Crippen LogP contribution in [0.15, 0.2) is 77.2 Å². The van der Waals surface area contributed by atoms with E-state index in [1.54, 1.807) is 12.4 Å². The molecule has 0 bridgehead atoms. The van der Waals surface area contributed by atoms with Gasteiger partial charge in [0.2, 0.25) is 0 Å². The Balaban J connectivity index is 1.30. The van der Waals surface area contributed by atoms with Crippen molar-refractivity contribution in [3.05, 3.63) is 117 Å². The number of nitrogens with one attached hydrogen (secondary N) is 1. The molecule has 0 aliphatic heterocycles. The third-order valence-corrected chi connectivity index (χ3v) is 7.60. The van der Waals surface area contributed by atoms with Crippen LogP contribution in [0.25, 0.3) is 0 Å². The summed E-state index contributed by atoms with van der Waals surface area (Å²) in [6.07, 6.45) is 15.2. The van der Waals surface area contributed by atoms with E-state index in [4.69, 9.17) is 4.98 Å². The van der Waals surface area contributed by atoms with E-state index in [0.717, 1.165) is 43.0 Å². The van der Waals surface area contributed by atoms with Gasteiger partial charge in [0.15, 0.2) is 16.8 Å². The third-order valence-electron chi connectivity index (χ3n) is 6.66. The van der Waals surface area contributed by atoms with Crippen LogP contribution in [-0.4, -0.2) is 19.9 Å². The average Bonchev–Trinajstić information content (AvgIpc) is 2.95. The maximum atomic E-state index is 13.6. The summed E-state index contributed by atoms with van der Waals surface area (Å²) in [5.74, 6) is -1.39. The predicted octanol–water partition coefficient (Wildman–Crippen LogP) is 7.24. The van der Waals surface area contributed by atoms with Crippen molar-refractivity contribution in [3.63, 3.8) is 0 Å². The first kappa shape index (κ1) is 28.6. The summed E-state index contributed by atoms with van der Waals surface area (Å²) in [4.78, 5) is 28.8. The number of halogens is 2. The predicted molar refractivity (Wildman–Crippen MR) is 152 cm³/mol. The molecule has 8 heteroatoms. The van der Waals surface area contributed by atoms with Gasteiger partial charge < -0.3 is 4.98 Å². The molecule has 0 radical (unpaired) electrons. The Hall–Kier alpha value is -3.39. The number of hydrogen-bond donors (Lipinski definition) is 1. The molecule has 0 aliphatic rings. The van der Waals surface area contributed by atoms with E-state index in [-0.39, 0.29) is 5.56 Å². The van der Waals surface area contributed by atoms with Gasteiger partial charge in [0.05, 0.1) is 5.69 Å². The smallest absolute Gasteiger partial charge is 0.255 e. The lowest BCUT2D eigenvalue weighted by molar-refractivity contribution is 0.507. The van der Waals surface area contributed by atoms with E-state index >= 15 is 0 Å². The first-order valence-corrected chi connectivity index (χ1v) is 14.5. The zero-order valence-corrected chi connectivity index (χ0v) is 22.9. The second kappa shape index (κ2) is 15.3. The van der Waals surface area contributed by atoms with E-state index in [1.165, 1.54) is 61.5 Å². The molecule has 0 unspecified atom stereocenters. The minimum atomic E-state index is -0.883. The number of aromatic amines is 1. The van der Waals surface area contributed by atoms with Crippen molar-refractivity contribution < 1.29 is 8.78 Å². The van der Waals surface area contributed by atoms with Crippen LogP contribution in [0, 0.1) is 11.6 Å². The molecule has 2 heterocycles. The van der Waals surface area contributed by atoms with E-state index in [1.807, 2.05) is 0 Å². The number of aromatic nitrogens is 4. The quantitative estimate of drug-likeness (QED) is 0.0963. The highest BCUT2D eigenvalue weighted by Gasteiger charge is 2.14. The van der Waals surface area contributed by atoms with Gasteiger partial charge in [0.25, 0.3) is 5.56 Å². The summed E-state index contributed by atoms with van der Waals surface area (Å²) in [5.41, 5.74) is 4.10. The number of thioether (sulfide) groups is 1. The summed E-state index contributed by atoms with van der Waals surface area (Å²) in [5, 5.41) is 0.478. The Morgan fingerprint density at radius 1 is 0.744 bits per heavy atom. The Bertz CT molecular complexity index is 1370. The van der Waals surface area contributed by atoms with E-state index in [9.17, 15) is 13.6 Å². The molecule has 4 rings (SSSR count). The summed E-state index contributed by atoms with van der Waals surface area (Å²) in [7, 11) is 0. The second-order valence-corrected chi connectivity index (χ2v) is 10.7. The number of hydrogen-bond acceptors (Lipinski definition) is 5. The molecule has 2 aromatic carbocycles. The van der Waals surface area contributed by atoms with Gasteiger partial charge in [0, 0.05) is 30.1 Å². The molecule has 204 valence electrons. The molecule has 0 saturated carbocycles. The Labute approximate surface area is 232 Å². The van der Waals surface area contributed by atoms with Crippen molar-refractivity contribution in [3.8, 4) is 0 Å².